The van der Waals surface area contributed by atoms with Crippen molar-refractivity contribution in [1.29, 1.82) is 0 Å². The minimum Gasteiger partial charge on any atom is -0.341 e. The first-order valence-corrected chi connectivity index (χ1v) is 10.9. The van der Waals surface area contributed by atoms with Crippen LogP contribution in [-0.2, 0) is 20.0 Å². The molecule has 0 unspecified atom stereocenters. The van der Waals surface area contributed by atoms with Gasteiger partial charge >= 0.3 is 0 Å². The number of likely N-dealkylation sites (tertiary alicyclic amines) is 1. The largest absolute Gasteiger partial charge is 0.341 e. The Morgan fingerprint density at radius 3 is 2.60 bits per heavy atom. The molecule has 4 rings (SSSR count). The van der Waals surface area contributed by atoms with E-state index in [1.54, 1.807) is 13.2 Å². The van der Waals surface area contributed by atoms with Crippen molar-refractivity contribution in [2.75, 3.05) is 26.7 Å². The van der Waals surface area contributed by atoms with Crippen molar-refractivity contribution in [2.45, 2.75) is 25.8 Å². The van der Waals surface area contributed by atoms with Gasteiger partial charge in [0.2, 0.25) is 0 Å². The number of pyridine rings is 1. The summed E-state index contributed by atoms with van der Waals surface area (Å²) in [6.45, 7) is 3.75. The summed E-state index contributed by atoms with van der Waals surface area (Å²) < 4.78 is 1.53. The fraction of sp³-hybridized carbons (Fsp3) is 0.417. The number of allylic oxidation sites excluding steroid dienone is 1. The molecule has 6 heteroatoms. The van der Waals surface area contributed by atoms with Crippen molar-refractivity contribution in [2.24, 2.45) is 13.0 Å². The number of nitrogens with zero attached hydrogens (tertiary/aromatic N) is 3. The lowest BCUT2D eigenvalue weighted by Crippen LogP contribution is -2.39. The molecule has 2 aliphatic rings. The maximum absolute atomic E-state index is 13.1. The second kappa shape index (κ2) is 8.78. The number of carbonyl (C=O) groups is 1. The number of benzene rings is 1. The highest BCUT2D eigenvalue weighted by atomic mass is 35.5. The normalized spacial score (nSPS) is 16.6. The van der Waals surface area contributed by atoms with Gasteiger partial charge in [0.05, 0.1) is 5.56 Å². The van der Waals surface area contributed by atoms with Crippen molar-refractivity contribution in [3.8, 4) is 0 Å². The number of carbonyl (C=O) groups excluding carboxylic acids is 1. The predicted octanol–water partition coefficient (Wildman–Crippen LogP) is 3.59. The summed E-state index contributed by atoms with van der Waals surface area (Å²) in [6, 6.07) is 8.05. The van der Waals surface area contributed by atoms with Gasteiger partial charge in [0.25, 0.3) is 11.5 Å². The molecule has 0 saturated carbocycles. The first-order valence-electron chi connectivity index (χ1n) is 10.5. The van der Waals surface area contributed by atoms with Crippen LogP contribution in [0, 0.1) is 5.92 Å². The monoisotopic (exact) mass is 425 g/mol. The van der Waals surface area contributed by atoms with Crippen LogP contribution in [0.25, 0.3) is 6.08 Å². The molecule has 5 nitrogen and oxygen atoms in total. The van der Waals surface area contributed by atoms with E-state index in [1.165, 1.54) is 10.1 Å². The zero-order valence-corrected chi connectivity index (χ0v) is 18.4. The molecule has 0 bridgehead atoms. The van der Waals surface area contributed by atoms with E-state index in [0.29, 0.717) is 17.9 Å². The highest BCUT2D eigenvalue weighted by Crippen LogP contribution is 2.24. The molecule has 2 heterocycles. The minimum atomic E-state index is -0.0118. The summed E-state index contributed by atoms with van der Waals surface area (Å²) in [5, 5.41) is 0.768. The minimum absolute atomic E-state index is 0.00278. The van der Waals surface area contributed by atoms with Gasteiger partial charge in [0.1, 0.15) is 0 Å². The molecule has 2 aromatic rings. The van der Waals surface area contributed by atoms with Crippen LogP contribution in [0.4, 0.5) is 0 Å². The Balaban J connectivity index is 1.35. The van der Waals surface area contributed by atoms with Crippen LogP contribution in [0.3, 0.4) is 0 Å². The van der Waals surface area contributed by atoms with Gasteiger partial charge in [-0.3, -0.25) is 14.5 Å². The standard InChI is InChI=1S/C24H28ClN3O2/c1-26(24(30)22-16-27(2)23(29)21-5-3-4-20(21)22)14-18-10-12-28(13-11-18)15-17-6-8-19(25)9-7-17/h3-4,6-9,16,18H,5,10-15H2,1-2H3. The summed E-state index contributed by atoms with van der Waals surface area (Å²) in [7, 11) is 3.59. The molecule has 0 radical (unpaired) electrons. The first-order chi connectivity index (χ1) is 14.4. The van der Waals surface area contributed by atoms with Crippen LogP contribution in [-0.4, -0.2) is 47.0 Å². The predicted molar refractivity (Wildman–Crippen MR) is 121 cm³/mol. The van der Waals surface area contributed by atoms with Crippen molar-refractivity contribution in [3.63, 3.8) is 0 Å². The molecule has 1 aromatic heterocycles. The van der Waals surface area contributed by atoms with Gasteiger partial charge in [-0.15, -0.1) is 0 Å². The maximum Gasteiger partial charge on any atom is 0.255 e. The van der Waals surface area contributed by atoms with E-state index in [1.807, 2.05) is 36.2 Å². The summed E-state index contributed by atoms with van der Waals surface area (Å²) >= 11 is 5.97. The van der Waals surface area contributed by atoms with Gasteiger partial charge in [0, 0.05) is 44.0 Å². The molecule has 1 amide bonds. The quantitative estimate of drug-likeness (QED) is 0.735. The molecular weight excluding hydrogens is 398 g/mol. The van der Waals surface area contributed by atoms with Crippen LogP contribution >= 0.6 is 11.6 Å². The smallest absolute Gasteiger partial charge is 0.255 e. The van der Waals surface area contributed by atoms with Gasteiger partial charge < -0.3 is 9.47 Å². The molecule has 1 fully saturated rings. The molecule has 158 valence electrons. The highest BCUT2D eigenvalue weighted by Gasteiger charge is 2.26. The van der Waals surface area contributed by atoms with Crippen molar-refractivity contribution in [1.82, 2.24) is 14.4 Å². The van der Waals surface area contributed by atoms with E-state index in [2.05, 4.69) is 17.0 Å². The zero-order valence-electron chi connectivity index (χ0n) is 17.6. The number of fused-ring (bicyclic) bond motifs is 1. The Kier molecular flexibility index (Phi) is 6.11. The lowest BCUT2D eigenvalue weighted by atomic mass is 9.95. The van der Waals surface area contributed by atoms with E-state index in [4.69, 9.17) is 11.6 Å². The van der Waals surface area contributed by atoms with Gasteiger partial charge in [-0.2, -0.15) is 0 Å². The average molecular weight is 426 g/mol. The summed E-state index contributed by atoms with van der Waals surface area (Å²) in [6.07, 6.45) is 8.32. The van der Waals surface area contributed by atoms with Crippen LogP contribution in [0.15, 0.2) is 41.3 Å². The number of aromatic nitrogens is 1. The molecule has 0 atom stereocenters. The topological polar surface area (TPSA) is 45.5 Å². The summed E-state index contributed by atoms with van der Waals surface area (Å²) in [5.74, 6) is 0.494. The third kappa shape index (κ3) is 4.37. The lowest BCUT2D eigenvalue weighted by Gasteiger charge is -2.34. The molecule has 1 aliphatic heterocycles. The third-order valence-corrected chi connectivity index (χ3v) is 6.51. The Morgan fingerprint density at radius 1 is 1.20 bits per heavy atom. The number of aryl methyl sites for hydroxylation is 1. The van der Waals surface area contributed by atoms with Crippen LogP contribution in [0.5, 0.6) is 0 Å². The summed E-state index contributed by atoms with van der Waals surface area (Å²) in [4.78, 5) is 29.7. The van der Waals surface area contributed by atoms with Crippen LogP contribution < -0.4 is 5.56 Å². The second-order valence-corrected chi connectivity index (χ2v) is 8.93. The molecule has 0 spiro atoms. The van der Waals surface area contributed by atoms with Crippen molar-refractivity contribution >= 4 is 23.6 Å². The number of halogens is 1. The van der Waals surface area contributed by atoms with Gasteiger partial charge in [-0.05, 0) is 61.5 Å². The molecule has 1 aliphatic carbocycles. The third-order valence-electron chi connectivity index (χ3n) is 6.26. The lowest BCUT2D eigenvalue weighted by molar-refractivity contribution is 0.0736. The number of hydrogen-bond acceptors (Lipinski definition) is 3. The van der Waals surface area contributed by atoms with E-state index in [0.717, 1.165) is 55.2 Å². The van der Waals surface area contributed by atoms with E-state index in [9.17, 15) is 9.59 Å². The fourth-order valence-corrected chi connectivity index (χ4v) is 4.64. The molecule has 0 N–H and O–H groups in total. The zero-order chi connectivity index (χ0) is 21.3. The fourth-order valence-electron chi connectivity index (χ4n) is 4.52. The number of piperidine rings is 1. The Morgan fingerprint density at radius 2 is 1.90 bits per heavy atom. The Hall–Kier alpha value is -2.37. The van der Waals surface area contributed by atoms with E-state index >= 15 is 0 Å². The van der Waals surface area contributed by atoms with Gasteiger partial charge in [-0.1, -0.05) is 35.9 Å². The molecule has 1 aromatic carbocycles. The van der Waals surface area contributed by atoms with Gasteiger partial charge in [-0.25, -0.2) is 0 Å². The molecular formula is C24H28ClN3O2. The molecule has 1 saturated heterocycles. The number of rotatable bonds is 5. The number of amides is 1. The first kappa shape index (κ1) is 20.9. The summed E-state index contributed by atoms with van der Waals surface area (Å²) in [5.41, 5.74) is 3.42. The highest BCUT2D eigenvalue weighted by molar-refractivity contribution is 6.30. The van der Waals surface area contributed by atoms with Crippen LogP contribution in [0.1, 0.15) is 39.9 Å². The Labute approximate surface area is 182 Å². The van der Waals surface area contributed by atoms with Gasteiger partial charge in [0.15, 0.2) is 0 Å². The van der Waals surface area contributed by atoms with E-state index in [-0.39, 0.29) is 11.5 Å². The van der Waals surface area contributed by atoms with Crippen molar-refractivity contribution in [3.05, 3.63) is 74.2 Å². The second-order valence-electron chi connectivity index (χ2n) is 8.49. The SMILES string of the molecule is CN(CC1CCN(Cc2ccc(Cl)cc2)CC1)C(=O)c1cn(C)c(=O)c2c1C=CC2. The average Bonchev–Trinajstić information content (AvgIpc) is 3.23. The maximum atomic E-state index is 13.1. The molecule has 30 heavy (non-hydrogen) atoms. The van der Waals surface area contributed by atoms with Crippen LogP contribution in [0.2, 0.25) is 5.02 Å². The Bertz CT molecular complexity index is 1020. The number of hydrogen-bond donors (Lipinski definition) is 0. The van der Waals surface area contributed by atoms with E-state index < -0.39 is 0 Å². The van der Waals surface area contributed by atoms with Crippen molar-refractivity contribution < 1.29 is 4.79 Å².